The van der Waals surface area contributed by atoms with Gasteiger partial charge in [0.1, 0.15) is 11.5 Å². The van der Waals surface area contributed by atoms with Crippen LogP contribution in [0.25, 0.3) is 11.3 Å². The van der Waals surface area contributed by atoms with Crippen LogP contribution in [0.3, 0.4) is 0 Å². The van der Waals surface area contributed by atoms with Gasteiger partial charge in [-0.3, -0.25) is 4.79 Å². The van der Waals surface area contributed by atoms with Gasteiger partial charge in [0.15, 0.2) is 0 Å². The van der Waals surface area contributed by atoms with Gasteiger partial charge in [0.2, 0.25) is 5.91 Å². The largest absolute Gasteiger partial charge is 0.459 e. The lowest BCUT2D eigenvalue weighted by Gasteiger charge is -2.09. The van der Waals surface area contributed by atoms with E-state index < -0.39 is 0 Å². The number of rotatable bonds is 6. The molecule has 0 aliphatic heterocycles. The van der Waals surface area contributed by atoms with Crippen LogP contribution in [-0.2, 0) is 11.3 Å². The maximum atomic E-state index is 11.7. The molecule has 0 unspecified atom stereocenters. The van der Waals surface area contributed by atoms with Crippen molar-refractivity contribution in [2.24, 2.45) is 5.92 Å². The Morgan fingerprint density at radius 3 is 2.28 bits per heavy atom. The number of anilines is 2. The molecule has 25 heavy (non-hydrogen) atoms. The summed E-state index contributed by atoms with van der Waals surface area (Å²) in [6.07, 6.45) is 0. The lowest BCUT2D eigenvalue weighted by atomic mass is 10.2. The van der Waals surface area contributed by atoms with Gasteiger partial charge in [0, 0.05) is 22.9 Å². The van der Waals surface area contributed by atoms with Crippen LogP contribution in [0.4, 0.5) is 11.4 Å². The lowest BCUT2D eigenvalue weighted by Crippen LogP contribution is -2.17. The molecule has 4 nitrogen and oxygen atoms in total. The zero-order valence-corrected chi connectivity index (χ0v) is 14.5. The summed E-state index contributed by atoms with van der Waals surface area (Å²) in [4.78, 5) is 11.7. The first kappa shape index (κ1) is 16.8. The third kappa shape index (κ3) is 4.51. The summed E-state index contributed by atoms with van der Waals surface area (Å²) in [5.41, 5.74) is 2.84. The SMILES string of the molecule is CC(C)C(=O)Nc1ccc(NCc2ccc(-c3ccccc3)o2)cc1. The van der Waals surface area contributed by atoms with Gasteiger partial charge in [-0.25, -0.2) is 0 Å². The third-order valence-corrected chi connectivity index (χ3v) is 3.86. The maximum Gasteiger partial charge on any atom is 0.226 e. The molecule has 4 heteroatoms. The summed E-state index contributed by atoms with van der Waals surface area (Å²) in [5, 5.41) is 6.20. The van der Waals surface area contributed by atoms with Crippen LogP contribution in [0.15, 0.2) is 71.1 Å². The number of carbonyl (C=O) groups is 1. The quantitative estimate of drug-likeness (QED) is 0.655. The standard InChI is InChI=1S/C21H22N2O2/c1-15(2)21(24)23-18-10-8-17(9-11-18)22-14-19-12-13-20(25-19)16-6-4-3-5-7-16/h3-13,15,22H,14H2,1-2H3,(H,23,24). The number of furan rings is 1. The Hall–Kier alpha value is -3.01. The van der Waals surface area contributed by atoms with Gasteiger partial charge in [0.05, 0.1) is 6.54 Å². The molecule has 0 spiro atoms. The van der Waals surface area contributed by atoms with Crippen molar-refractivity contribution in [3.05, 3.63) is 72.5 Å². The maximum absolute atomic E-state index is 11.7. The number of carbonyl (C=O) groups excluding carboxylic acids is 1. The van der Waals surface area contributed by atoms with Crippen molar-refractivity contribution in [3.8, 4) is 11.3 Å². The normalized spacial score (nSPS) is 10.7. The molecule has 1 heterocycles. The van der Waals surface area contributed by atoms with Crippen molar-refractivity contribution < 1.29 is 9.21 Å². The van der Waals surface area contributed by atoms with Crippen LogP contribution in [0.5, 0.6) is 0 Å². The highest BCUT2D eigenvalue weighted by atomic mass is 16.3. The van der Waals surface area contributed by atoms with Crippen LogP contribution in [-0.4, -0.2) is 5.91 Å². The van der Waals surface area contributed by atoms with Gasteiger partial charge in [-0.2, -0.15) is 0 Å². The summed E-state index contributed by atoms with van der Waals surface area (Å²) in [7, 11) is 0. The first-order chi connectivity index (χ1) is 12.1. The van der Waals surface area contributed by atoms with E-state index in [4.69, 9.17) is 4.42 Å². The molecule has 128 valence electrons. The second-order valence-electron chi connectivity index (χ2n) is 6.21. The zero-order chi connectivity index (χ0) is 17.6. The molecule has 1 aromatic heterocycles. The predicted octanol–water partition coefficient (Wildman–Crippen LogP) is 5.15. The van der Waals surface area contributed by atoms with Gasteiger partial charge in [-0.1, -0.05) is 44.2 Å². The average molecular weight is 334 g/mol. The zero-order valence-electron chi connectivity index (χ0n) is 14.5. The van der Waals surface area contributed by atoms with E-state index in [1.165, 1.54) is 0 Å². The summed E-state index contributed by atoms with van der Waals surface area (Å²) < 4.78 is 5.87. The topological polar surface area (TPSA) is 54.3 Å². The van der Waals surface area contributed by atoms with Crippen molar-refractivity contribution in [1.82, 2.24) is 0 Å². The molecule has 0 bridgehead atoms. The number of hydrogen-bond donors (Lipinski definition) is 2. The second-order valence-corrected chi connectivity index (χ2v) is 6.21. The van der Waals surface area contributed by atoms with Crippen molar-refractivity contribution in [2.45, 2.75) is 20.4 Å². The van der Waals surface area contributed by atoms with Crippen molar-refractivity contribution in [2.75, 3.05) is 10.6 Å². The van der Waals surface area contributed by atoms with Gasteiger partial charge in [-0.05, 0) is 36.4 Å². The van der Waals surface area contributed by atoms with E-state index >= 15 is 0 Å². The molecule has 3 rings (SSSR count). The van der Waals surface area contributed by atoms with E-state index in [2.05, 4.69) is 10.6 Å². The van der Waals surface area contributed by atoms with Crippen LogP contribution < -0.4 is 10.6 Å². The molecule has 0 atom stereocenters. The Labute approximate surface area is 147 Å². The lowest BCUT2D eigenvalue weighted by molar-refractivity contribution is -0.118. The molecule has 0 fully saturated rings. The van der Waals surface area contributed by atoms with Gasteiger partial charge in [0.25, 0.3) is 0 Å². The molecule has 2 N–H and O–H groups in total. The average Bonchev–Trinajstić information content (AvgIpc) is 3.11. The molecular formula is C21H22N2O2. The fraction of sp³-hybridized carbons (Fsp3) is 0.190. The fourth-order valence-electron chi connectivity index (χ4n) is 2.38. The minimum atomic E-state index is -0.0319. The highest BCUT2D eigenvalue weighted by molar-refractivity contribution is 5.92. The third-order valence-electron chi connectivity index (χ3n) is 3.86. The Kier molecular flexibility index (Phi) is 5.19. The number of hydrogen-bond acceptors (Lipinski definition) is 3. The first-order valence-corrected chi connectivity index (χ1v) is 8.41. The van der Waals surface area contributed by atoms with E-state index in [9.17, 15) is 4.79 Å². The van der Waals surface area contributed by atoms with E-state index in [1.54, 1.807) is 0 Å². The number of nitrogens with one attached hydrogen (secondary N) is 2. The van der Waals surface area contributed by atoms with E-state index in [0.29, 0.717) is 6.54 Å². The monoisotopic (exact) mass is 334 g/mol. The Morgan fingerprint density at radius 2 is 1.60 bits per heavy atom. The predicted molar refractivity (Wildman–Crippen MR) is 101 cm³/mol. The molecule has 0 aliphatic carbocycles. The molecule has 0 radical (unpaired) electrons. The first-order valence-electron chi connectivity index (χ1n) is 8.41. The molecular weight excluding hydrogens is 312 g/mol. The summed E-state index contributed by atoms with van der Waals surface area (Å²) in [6, 6.07) is 21.7. The molecule has 0 aliphatic rings. The van der Waals surface area contributed by atoms with Crippen LogP contribution in [0.1, 0.15) is 19.6 Å². The van der Waals surface area contributed by atoms with Crippen LogP contribution >= 0.6 is 0 Å². The Morgan fingerprint density at radius 1 is 0.920 bits per heavy atom. The van der Waals surface area contributed by atoms with Gasteiger partial charge >= 0.3 is 0 Å². The molecule has 2 aromatic carbocycles. The molecule has 1 amide bonds. The van der Waals surface area contributed by atoms with E-state index in [-0.39, 0.29) is 11.8 Å². The van der Waals surface area contributed by atoms with Crippen LogP contribution in [0, 0.1) is 5.92 Å². The minimum absolute atomic E-state index is 0.0183. The van der Waals surface area contributed by atoms with E-state index in [0.717, 1.165) is 28.5 Å². The summed E-state index contributed by atoms with van der Waals surface area (Å²) in [6.45, 7) is 4.35. The Balaban J connectivity index is 1.57. The molecule has 0 saturated heterocycles. The smallest absolute Gasteiger partial charge is 0.226 e. The van der Waals surface area contributed by atoms with Crippen molar-refractivity contribution in [3.63, 3.8) is 0 Å². The minimum Gasteiger partial charge on any atom is -0.459 e. The Bertz CT molecular complexity index is 821. The summed E-state index contributed by atoms with van der Waals surface area (Å²) in [5.74, 6) is 1.72. The van der Waals surface area contributed by atoms with Crippen LogP contribution in [0.2, 0.25) is 0 Å². The van der Waals surface area contributed by atoms with E-state index in [1.807, 2.05) is 80.6 Å². The van der Waals surface area contributed by atoms with Gasteiger partial charge < -0.3 is 15.1 Å². The number of benzene rings is 2. The highest BCUT2D eigenvalue weighted by Crippen LogP contribution is 2.22. The van der Waals surface area contributed by atoms with Gasteiger partial charge in [-0.15, -0.1) is 0 Å². The number of amides is 1. The summed E-state index contributed by atoms with van der Waals surface area (Å²) >= 11 is 0. The van der Waals surface area contributed by atoms with Crippen molar-refractivity contribution >= 4 is 17.3 Å². The fourth-order valence-corrected chi connectivity index (χ4v) is 2.38. The molecule has 3 aromatic rings. The second kappa shape index (κ2) is 7.71. The van der Waals surface area contributed by atoms with Crippen molar-refractivity contribution in [1.29, 1.82) is 0 Å². The highest BCUT2D eigenvalue weighted by Gasteiger charge is 2.07. The molecule has 0 saturated carbocycles.